The number of hydrogen-bond acceptors (Lipinski definition) is 1. The summed E-state index contributed by atoms with van der Waals surface area (Å²) in [6, 6.07) is 27.8. The molecule has 2 aliphatic carbocycles. The second-order valence-electron chi connectivity index (χ2n) is 13.8. The quantitative estimate of drug-likeness (QED) is 0.177. The van der Waals surface area contributed by atoms with E-state index in [2.05, 4.69) is 134 Å². The van der Waals surface area contributed by atoms with E-state index >= 15 is 0 Å². The van der Waals surface area contributed by atoms with E-state index in [0.29, 0.717) is 12.0 Å². The van der Waals surface area contributed by atoms with Crippen molar-refractivity contribution >= 4 is 28.0 Å². The van der Waals surface area contributed by atoms with Crippen LogP contribution in [0.25, 0.3) is 50.5 Å². The van der Waals surface area contributed by atoms with Crippen molar-refractivity contribution in [2.45, 2.75) is 57.0 Å². The highest BCUT2D eigenvalue weighted by Gasteiger charge is 2.86. The van der Waals surface area contributed by atoms with Crippen LogP contribution in [-0.2, 0) is 17.4 Å². The van der Waals surface area contributed by atoms with Crippen LogP contribution in [0.2, 0.25) is 0 Å². The van der Waals surface area contributed by atoms with Crippen molar-refractivity contribution in [1.82, 2.24) is 0 Å². The van der Waals surface area contributed by atoms with Crippen LogP contribution in [0, 0.1) is 6.92 Å². The van der Waals surface area contributed by atoms with Crippen molar-refractivity contribution in [3.63, 3.8) is 0 Å². The topological polar surface area (TPSA) is 20.9 Å². The molecule has 3 nitrogen and oxygen atoms in total. The number of nitrogens with zero attached hydrogens (tertiary/aromatic N) is 2. The van der Waals surface area contributed by atoms with Gasteiger partial charge < -0.3 is 4.42 Å². The van der Waals surface area contributed by atoms with Crippen molar-refractivity contribution in [1.29, 1.82) is 0 Å². The second kappa shape index (κ2) is 7.28. The summed E-state index contributed by atoms with van der Waals surface area (Å²) in [6.45, 7) is 9.27. The molecule has 0 amide bonds. The first-order valence-electron chi connectivity index (χ1n) is 15.2. The first kappa shape index (κ1) is 23.1. The summed E-state index contributed by atoms with van der Waals surface area (Å²) in [4.78, 5) is 0. The van der Waals surface area contributed by atoms with Gasteiger partial charge in [-0.05, 0) is 53.6 Å². The zero-order chi connectivity index (χ0) is 28.1. The smallest absolute Gasteiger partial charge is 0.269 e. The van der Waals surface area contributed by atoms with Gasteiger partial charge in [-0.15, -0.1) is 0 Å². The SMILES string of the molecule is Cc1c[n+]2c(cc1C(C)(C)C)-c1c(ccc3c1oc1c4c(ccc13)CC=C4)C21C2c3ccccc3-c3cccc[n+]3C21. The third-order valence-electron chi connectivity index (χ3n) is 10.6. The van der Waals surface area contributed by atoms with Gasteiger partial charge in [0.1, 0.15) is 17.1 Å². The Kier molecular flexibility index (Phi) is 4.00. The zero-order valence-corrected chi connectivity index (χ0v) is 24.4. The fraction of sp³-hybridized carbons (Fsp3) is 0.231. The van der Waals surface area contributed by atoms with Gasteiger partial charge in [0.05, 0.1) is 11.1 Å². The molecule has 1 saturated carbocycles. The van der Waals surface area contributed by atoms with Crippen LogP contribution < -0.4 is 9.13 Å². The van der Waals surface area contributed by atoms with Crippen LogP contribution >= 0.6 is 0 Å². The summed E-state index contributed by atoms with van der Waals surface area (Å²) < 4.78 is 12.2. The average Bonchev–Trinajstić information content (AvgIpc) is 3.24. The number of furan rings is 1. The molecule has 1 spiro atoms. The molecular weight excluding hydrogens is 512 g/mol. The monoisotopic (exact) mass is 544 g/mol. The number of aryl methyl sites for hydroxylation is 1. The van der Waals surface area contributed by atoms with E-state index in [0.717, 1.165) is 17.6 Å². The normalized spacial score (nSPS) is 22.2. The van der Waals surface area contributed by atoms with E-state index in [-0.39, 0.29) is 11.0 Å². The number of pyridine rings is 2. The largest absolute Gasteiger partial charge is 0.455 e. The number of hydrogen-bond donors (Lipinski definition) is 0. The summed E-state index contributed by atoms with van der Waals surface area (Å²) >= 11 is 0. The van der Waals surface area contributed by atoms with Crippen molar-refractivity contribution < 1.29 is 13.6 Å². The first-order chi connectivity index (χ1) is 20.4. The maximum Gasteiger partial charge on any atom is 0.269 e. The zero-order valence-electron chi connectivity index (χ0n) is 24.4. The van der Waals surface area contributed by atoms with Crippen LogP contribution in [0.4, 0.5) is 0 Å². The molecule has 10 rings (SSSR count). The molecule has 202 valence electrons. The fourth-order valence-corrected chi connectivity index (χ4v) is 8.99. The highest BCUT2D eigenvalue weighted by Crippen LogP contribution is 2.71. The molecule has 3 atom stereocenters. The van der Waals surface area contributed by atoms with Gasteiger partial charge in [-0.1, -0.05) is 69.3 Å². The van der Waals surface area contributed by atoms with Crippen molar-refractivity contribution in [2.75, 3.05) is 0 Å². The minimum absolute atomic E-state index is 0.0350. The molecular formula is C39H32N2O+2. The number of aromatic nitrogens is 2. The van der Waals surface area contributed by atoms with Crippen LogP contribution in [0.5, 0.6) is 0 Å². The van der Waals surface area contributed by atoms with Gasteiger partial charge in [0, 0.05) is 45.7 Å². The Morgan fingerprint density at radius 2 is 1.69 bits per heavy atom. The summed E-state index contributed by atoms with van der Waals surface area (Å²) in [7, 11) is 0. The lowest BCUT2D eigenvalue weighted by Crippen LogP contribution is -2.51. The molecule has 0 bridgehead atoms. The van der Waals surface area contributed by atoms with Crippen molar-refractivity contribution in [3.8, 4) is 22.5 Å². The Balaban J connectivity index is 1.35. The standard InChI is InChI=1S/C39H32N2O/c1-22-21-41-32(20-30(22)38(2,3)4)33-29(18-17-28-27-16-15-23-10-9-13-24(23)35(27)42-36(28)33)39(41)34-26-12-6-5-11-25(26)31-14-7-8-19-40(31)37(34)39/h5-9,11-21,34,37H,10H2,1-4H3/q+2. The molecule has 6 aromatic rings. The highest BCUT2D eigenvalue weighted by molar-refractivity contribution is 6.12. The Bertz CT molecular complexity index is 2190. The van der Waals surface area contributed by atoms with Gasteiger partial charge >= 0.3 is 0 Å². The molecule has 1 fully saturated rings. The molecule has 3 aromatic heterocycles. The van der Waals surface area contributed by atoms with Gasteiger partial charge in [-0.3, -0.25) is 0 Å². The van der Waals surface area contributed by atoms with E-state index in [1.165, 1.54) is 66.7 Å². The highest BCUT2D eigenvalue weighted by atomic mass is 16.3. The lowest BCUT2D eigenvalue weighted by molar-refractivity contribution is -0.772. The molecule has 4 aliphatic rings. The summed E-state index contributed by atoms with van der Waals surface area (Å²) in [5.41, 5.74) is 15.3. The summed E-state index contributed by atoms with van der Waals surface area (Å²) in [5.74, 6) is 0.340. The maximum absolute atomic E-state index is 6.99. The predicted molar refractivity (Wildman–Crippen MR) is 166 cm³/mol. The molecule has 42 heavy (non-hydrogen) atoms. The van der Waals surface area contributed by atoms with Gasteiger partial charge in [0.15, 0.2) is 12.4 Å². The van der Waals surface area contributed by atoms with Crippen LogP contribution in [-0.4, -0.2) is 0 Å². The predicted octanol–water partition coefficient (Wildman–Crippen LogP) is 8.08. The van der Waals surface area contributed by atoms with Gasteiger partial charge in [0.25, 0.3) is 5.54 Å². The number of benzene rings is 3. The average molecular weight is 545 g/mol. The third kappa shape index (κ3) is 2.52. The molecule has 0 saturated heterocycles. The Hall–Kier alpha value is -4.50. The molecule has 3 unspecified atom stereocenters. The van der Waals surface area contributed by atoms with Crippen LogP contribution in [0.3, 0.4) is 0 Å². The fourth-order valence-electron chi connectivity index (χ4n) is 8.99. The van der Waals surface area contributed by atoms with Crippen molar-refractivity contribution in [2.24, 2.45) is 0 Å². The van der Waals surface area contributed by atoms with Gasteiger partial charge in [-0.2, -0.15) is 9.13 Å². The van der Waals surface area contributed by atoms with E-state index in [9.17, 15) is 0 Å². The molecule has 2 aliphatic heterocycles. The van der Waals surface area contributed by atoms with Crippen LogP contribution in [0.15, 0.2) is 95.7 Å². The summed E-state index contributed by atoms with van der Waals surface area (Å²) in [6.07, 6.45) is 10.2. The lowest BCUT2D eigenvalue weighted by Gasteiger charge is -2.21. The minimum atomic E-state index is -0.214. The molecule has 0 N–H and O–H groups in total. The maximum atomic E-state index is 6.99. The Morgan fingerprint density at radius 3 is 2.57 bits per heavy atom. The van der Waals surface area contributed by atoms with Crippen molar-refractivity contribution in [3.05, 3.63) is 125 Å². The Morgan fingerprint density at radius 1 is 0.881 bits per heavy atom. The van der Waals surface area contributed by atoms with E-state index < -0.39 is 0 Å². The second-order valence-corrected chi connectivity index (χ2v) is 13.8. The van der Waals surface area contributed by atoms with E-state index in [1.807, 2.05) is 0 Å². The van der Waals surface area contributed by atoms with Gasteiger partial charge in [0.2, 0.25) is 17.4 Å². The van der Waals surface area contributed by atoms with E-state index in [1.54, 1.807) is 0 Å². The molecule has 3 heteroatoms. The summed E-state index contributed by atoms with van der Waals surface area (Å²) in [5, 5.41) is 2.43. The molecule has 3 aromatic carbocycles. The minimum Gasteiger partial charge on any atom is -0.455 e. The lowest BCUT2D eigenvalue weighted by atomic mass is 9.84. The third-order valence-corrected chi connectivity index (χ3v) is 10.6. The number of allylic oxidation sites excluding steroid dienone is 1. The molecule has 0 radical (unpaired) electrons. The Labute approximate surface area is 245 Å². The van der Waals surface area contributed by atoms with Gasteiger partial charge in [-0.25, -0.2) is 0 Å². The molecule has 5 heterocycles. The number of rotatable bonds is 0. The van der Waals surface area contributed by atoms with E-state index in [4.69, 9.17) is 4.42 Å². The first-order valence-corrected chi connectivity index (χ1v) is 15.2. The van der Waals surface area contributed by atoms with Crippen LogP contribution in [0.1, 0.15) is 66.1 Å². The number of fused-ring (bicyclic) bond motifs is 19.